The van der Waals surface area contributed by atoms with Crippen molar-refractivity contribution in [2.75, 3.05) is 32.8 Å². The highest BCUT2D eigenvalue weighted by atomic mass is 16.5. The van der Waals surface area contributed by atoms with Gasteiger partial charge in [-0.25, -0.2) is 0 Å². The normalized spacial score (nSPS) is 17.8. The molecular weight excluding hydrogens is 318 g/mol. The number of ether oxygens (including phenoxy) is 1. The summed E-state index contributed by atoms with van der Waals surface area (Å²) in [7, 11) is 0. The lowest BCUT2D eigenvalue weighted by Gasteiger charge is -2.26. The fourth-order valence-corrected chi connectivity index (χ4v) is 3.20. The summed E-state index contributed by atoms with van der Waals surface area (Å²) >= 11 is 0. The number of morpholine rings is 1. The van der Waals surface area contributed by atoms with Crippen LogP contribution in [0.5, 0.6) is 0 Å². The quantitative estimate of drug-likeness (QED) is 0.832. The second-order valence-corrected chi connectivity index (χ2v) is 6.48. The largest absolute Gasteiger partial charge is 0.378 e. The van der Waals surface area contributed by atoms with E-state index in [2.05, 4.69) is 16.4 Å². The van der Waals surface area contributed by atoms with Crippen LogP contribution in [0.2, 0.25) is 0 Å². The number of hydrogen-bond acceptors (Lipinski definition) is 4. The summed E-state index contributed by atoms with van der Waals surface area (Å²) in [5, 5.41) is 2.93. The molecule has 1 aromatic heterocycles. The molecule has 0 unspecified atom stereocenters. The number of aromatic nitrogens is 1. The van der Waals surface area contributed by atoms with Crippen LogP contribution in [0.4, 0.5) is 0 Å². The van der Waals surface area contributed by atoms with E-state index in [0.717, 1.165) is 19.3 Å². The molecule has 0 saturated carbocycles. The first-order valence-electron chi connectivity index (χ1n) is 9.02. The van der Waals surface area contributed by atoms with Gasteiger partial charge in [-0.3, -0.25) is 14.6 Å². The zero-order valence-electron chi connectivity index (χ0n) is 14.5. The van der Waals surface area contributed by atoms with Crippen LogP contribution in [0.15, 0.2) is 30.1 Å². The third kappa shape index (κ3) is 4.89. The molecule has 2 heterocycles. The number of nitrogens with one attached hydrogen (secondary N) is 1. The number of carbonyl (C=O) groups is 2. The summed E-state index contributed by atoms with van der Waals surface area (Å²) in [6.07, 6.45) is 11.0. The third-order valence-electron chi connectivity index (χ3n) is 4.66. The fourth-order valence-electron chi connectivity index (χ4n) is 3.20. The molecule has 1 aromatic rings. The molecule has 0 bridgehead atoms. The van der Waals surface area contributed by atoms with E-state index in [0.29, 0.717) is 44.0 Å². The van der Waals surface area contributed by atoms with Gasteiger partial charge in [0.25, 0.3) is 11.8 Å². The van der Waals surface area contributed by atoms with Crippen LogP contribution < -0.4 is 5.32 Å². The van der Waals surface area contributed by atoms with Gasteiger partial charge in [0.2, 0.25) is 0 Å². The van der Waals surface area contributed by atoms with Crippen molar-refractivity contribution in [1.82, 2.24) is 15.2 Å². The Morgan fingerprint density at radius 3 is 2.72 bits per heavy atom. The molecule has 6 heteroatoms. The van der Waals surface area contributed by atoms with Crippen LogP contribution >= 0.6 is 0 Å². The first kappa shape index (κ1) is 17.6. The Labute approximate surface area is 148 Å². The molecule has 1 saturated heterocycles. The number of carbonyl (C=O) groups excluding carboxylic acids is 2. The van der Waals surface area contributed by atoms with Gasteiger partial charge in [-0.05, 0) is 38.2 Å². The average Bonchev–Trinajstić information content (AvgIpc) is 2.69. The van der Waals surface area contributed by atoms with Crippen LogP contribution in [0.25, 0.3) is 0 Å². The summed E-state index contributed by atoms with van der Waals surface area (Å²) < 4.78 is 5.26. The lowest BCUT2D eigenvalue weighted by Crippen LogP contribution is -2.40. The third-order valence-corrected chi connectivity index (χ3v) is 4.66. The Balaban J connectivity index is 1.55. The van der Waals surface area contributed by atoms with Crippen molar-refractivity contribution in [2.45, 2.75) is 32.1 Å². The van der Waals surface area contributed by atoms with Gasteiger partial charge >= 0.3 is 0 Å². The summed E-state index contributed by atoms with van der Waals surface area (Å²) in [5.74, 6) is -0.279. The topological polar surface area (TPSA) is 71.5 Å². The number of allylic oxidation sites excluding steroid dienone is 1. The van der Waals surface area contributed by atoms with E-state index in [1.54, 1.807) is 11.0 Å². The van der Waals surface area contributed by atoms with Gasteiger partial charge in [0.05, 0.1) is 24.3 Å². The minimum Gasteiger partial charge on any atom is -0.378 e. The maximum absolute atomic E-state index is 12.5. The molecule has 0 atom stereocenters. The summed E-state index contributed by atoms with van der Waals surface area (Å²) in [4.78, 5) is 30.6. The number of rotatable bonds is 5. The summed E-state index contributed by atoms with van der Waals surface area (Å²) in [6.45, 7) is 2.87. The zero-order valence-corrected chi connectivity index (χ0v) is 14.5. The van der Waals surface area contributed by atoms with E-state index in [1.165, 1.54) is 30.8 Å². The van der Waals surface area contributed by atoms with E-state index in [-0.39, 0.29) is 11.8 Å². The molecule has 0 spiro atoms. The van der Waals surface area contributed by atoms with E-state index >= 15 is 0 Å². The van der Waals surface area contributed by atoms with Crippen molar-refractivity contribution >= 4 is 11.8 Å². The predicted molar refractivity (Wildman–Crippen MR) is 94.5 cm³/mol. The zero-order chi connectivity index (χ0) is 17.5. The maximum Gasteiger partial charge on any atom is 0.255 e. The molecule has 2 aliphatic rings. The second-order valence-electron chi connectivity index (χ2n) is 6.48. The molecular formula is C19H25N3O3. The number of amides is 2. The molecule has 134 valence electrons. The lowest BCUT2D eigenvalue weighted by atomic mass is 9.97. The van der Waals surface area contributed by atoms with E-state index in [9.17, 15) is 9.59 Å². The van der Waals surface area contributed by atoms with Crippen LogP contribution in [0, 0.1) is 0 Å². The highest BCUT2D eigenvalue weighted by Crippen LogP contribution is 2.19. The lowest BCUT2D eigenvalue weighted by molar-refractivity contribution is 0.0302. The Kier molecular flexibility index (Phi) is 6.17. The molecule has 1 fully saturated rings. The minimum atomic E-state index is -0.180. The van der Waals surface area contributed by atoms with E-state index in [1.807, 2.05) is 0 Å². The number of hydrogen-bond donors (Lipinski definition) is 1. The molecule has 0 aromatic carbocycles. The first-order chi connectivity index (χ1) is 12.2. The number of pyridine rings is 1. The second kappa shape index (κ2) is 8.76. The van der Waals surface area contributed by atoms with Crippen molar-refractivity contribution in [1.29, 1.82) is 0 Å². The van der Waals surface area contributed by atoms with Gasteiger partial charge < -0.3 is 15.0 Å². The Bertz CT molecular complexity index is 651. The smallest absolute Gasteiger partial charge is 0.255 e. The van der Waals surface area contributed by atoms with Crippen molar-refractivity contribution in [3.63, 3.8) is 0 Å². The SMILES string of the molecule is O=C(NCCC1=CCCCC1)c1cncc(C(=O)N2CCOCC2)c1. The van der Waals surface area contributed by atoms with Gasteiger partial charge in [-0.2, -0.15) is 0 Å². The average molecular weight is 343 g/mol. The van der Waals surface area contributed by atoms with Gasteiger partial charge in [-0.1, -0.05) is 11.6 Å². The fraction of sp³-hybridized carbons (Fsp3) is 0.526. The van der Waals surface area contributed by atoms with Crippen molar-refractivity contribution in [3.05, 3.63) is 41.2 Å². The molecule has 2 amide bonds. The molecule has 1 N–H and O–H groups in total. The molecule has 25 heavy (non-hydrogen) atoms. The summed E-state index contributed by atoms with van der Waals surface area (Å²) in [5.41, 5.74) is 2.31. The molecule has 0 radical (unpaired) electrons. The van der Waals surface area contributed by atoms with Gasteiger partial charge in [0.1, 0.15) is 0 Å². The van der Waals surface area contributed by atoms with E-state index in [4.69, 9.17) is 4.74 Å². The molecule has 1 aliphatic heterocycles. The molecule has 1 aliphatic carbocycles. The minimum absolute atomic E-state index is 0.0992. The van der Waals surface area contributed by atoms with E-state index < -0.39 is 0 Å². The van der Waals surface area contributed by atoms with Crippen molar-refractivity contribution in [2.24, 2.45) is 0 Å². The monoisotopic (exact) mass is 343 g/mol. The van der Waals surface area contributed by atoms with Gasteiger partial charge in [-0.15, -0.1) is 0 Å². The van der Waals surface area contributed by atoms with Crippen LogP contribution in [-0.2, 0) is 4.74 Å². The predicted octanol–water partition coefficient (Wildman–Crippen LogP) is 2.17. The molecule has 6 nitrogen and oxygen atoms in total. The summed E-state index contributed by atoms with van der Waals surface area (Å²) in [6, 6.07) is 1.63. The van der Waals surface area contributed by atoms with Gasteiger partial charge in [0.15, 0.2) is 0 Å². The molecule has 3 rings (SSSR count). The Morgan fingerprint density at radius 2 is 1.96 bits per heavy atom. The highest BCUT2D eigenvalue weighted by Gasteiger charge is 2.20. The van der Waals surface area contributed by atoms with Gasteiger partial charge in [0, 0.05) is 32.0 Å². The number of nitrogens with zero attached hydrogens (tertiary/aromatic N) is 2. The standard InChI is InChI=1S/C19H25N3O3/c23-18(21-7-6-15-4-2-1-3-5-15)16-12-17(14-20-13-16)19(24)22-8-10-25-11-9-22/h4,12-14H,1-3,5-11H2,(H,21,23). The van der Waals surface area contributed by atoms with Crippen LogP contribution in [0.3, 0.4) is 0 Å². The Morgan fingerprint density at radius 1 is 1.16 bits per heavy atom. The maximum atomic E-state index is 12.5. The Hall–Kier alpha value is -2.21. The highest BCUT2D eigenvalue weighted by molar-refractivity contribution is 5.99. The van der Waals surface area contributed by atoms with Crippen molar-refractivity contribution < 1.29 is 14.3 Å². The first-order valence-corrected chi connectivity index (χ1v) is 9.02. The van der Waals surface area contributed by atoms with Crippen LogP contribution in [-0.4, -0.2) is 54.5 Å². The van der Waals surface area contributed by atoms with Crippen LogP contribution in [0.1, 0.15) is 52.8 Å². The van der Waals surface area contributed by atoms with Crippen molar-refractivity contribution in [3.8, 4) is 0 Å².